The van der Waals surface area contributed by atoms with Crippen LogP contribution in [0, 0.1) is 0 Å². The van der Waals surface area contributed by atoms with Crippen molar-refractivity contribution >= 4 is 23.8 Å². The maximum Gasteiger partial charge on any atom is 0.337 e. The number of nitrogens with one attached hydrogen (secondary N) is 1. The highest BCUT2D eigenvalue weighted by Crippen LogP contribution is 2.09. The number of anilines is 1. The van der Waals surface area contributed by atoms with Crippen molar-refractivity contribution in [2.45, 2.75) is 0 Å². The van der Waals surface area contributed by atoms with E-state index in [0.29, 0.717) is 11.3 Å². The molecular weight excluding hydrogens is 212 g/mol. The normalized spacial score (nSPS) is 10.1. The molecule has 1 rings (SSSR count). The molecule has 6 heteroatoms. The number of oxime groups is 1. The Kier molecular flexibility index (Phi) is 4.02. The second-order valence-electron chi connectivity index (χ2n) is 2.80. The van der Waals surface area contributed by atoms with E-state index in [1.807, 2.05) is 0 Å². The van der Waals surface area contributed by atoms with Gasteiger partial charge in [0, 0.05) is 5.69 Å². The van der Waals surface area contributed by atoms with Gasteiger partial charge >= 0.3 is 5.97 Å². The van der Waals surface area contributed by atoms with Crippen LogP contribution in [0.5, 0.6) is 0 Å². The second-order valence-corrected chi connectivity index (χ2v) is 2.80. The predicted molar refractivity (Wildman–Crippen MR) is 56.7 cm³/mol. The third-order valence-corrected chi connectivity index (χ3v) is 1.75. The number of hydrogen-bond acceptors (Lipinski definition) is 5. The number of carbonyl (C=O) groups is 2. The molecule has 0 aromatic heterocycles. The predicted octanol–water partition coefficient (Wildman–Crippen LogP) is 0.872. The molecule has 0 spiro atoms. The molecule has 0 fully saturated rings. The van der Waals surface area contributed by atoms with Crippen LogP contribution >= 0.6 is 0 Å². The van der Waals surface area contributed by atoms with Gasteiger partial charge in [-0.05, 0) is 24.3 Å². The first-order valence-electron chi connectivity index (χ1n) is 4.34. The summed E-state index contributed by atoms with van der Waals surface area (Å²) in [6, 6.07) is 6.10. The van der Waals surface area contributed by atoms with Crippen molar-refractivity contribution in [1.82, 2.24) is 0 Å². The molecule has 0 unspecified atom stereocenters. The molecule has 84 valence electrons. The number of esters is 1. The van der Waals surface area contributed by atoms with E-state index in [-0.39, 0.29) is 0 Å². The molecule has 0 aliphatic rings. The number of ether oxygens (including phenoxy) is 1. The summed E-state index contributed by atoms with van der Waals surface area (Å²) in [5, 5.41) is 13.1. The molecule has 2 N–H and O–H groups in total. The lowest BCUT2D eigenvalue weighted by atomic mass is 10.2. The summed E-state index contributed by atoms with van der Waals surface area (Å²) < 4.78 is 4.52. The topological polar surface area (TPSA) is 88.0 Å². The molecule has 0 atom stereocenters. The Hall–Kier alpha value is -2.37. The quantitative estimate of drug-likeness (QED) is 0.344. The molecule has 0 heterocycles. The van der Waals surface area contributed by atoms with Crippen molar-refractivity contribution in [2.24, 2.45) is 5.16 Å². The molecule has 1 aromatic carbocycles. The zero-order chi connectivity index (χ0) is 12.0. The molecule has 0 radical (unpaired) electrons. The van der Waals surface area contributed by atoms with Gasteiger partial charge in [-0.1, -0.05) is 5.16 Å². The summed E-state index contributed by atoms with van der Waals surface area (Å²) in [7, 11) is 1.29. The number of rotatable bonds is 3. The lowest BCUT2D eigenvalue weighted by Gasteiger charge is -2.02. The highest BCUT2D eigenvalue weighted by Gasteiger charge is 2.05. The van der Waals surface area contributed by atoms with E-state index in [9.17, 15) is 9.59 Å². The van der Waals surface area contributed by atoms with Gasteiger partial charge in [0.25, 0.3) is 5.91 Å². The minimum atomic E-state index is -0.562. The molecule has 0 saturated heterocycles. The average Bonchev–Trinajstić information content (AvgIpc) is 2.29. The van der Waals surface area contributed by atoms with Crippen LogP contribution in [0.15, 0.2) is 29.4 Å². The Morgan fingerprint density at radius 2 is 2.00 bits per heavy atom. The van der Waals surface area contributed by atoms with Gasteiger partial charge in [0.05, 0.1) is 12.7 Å². The molecule has 1 amide bonds. The highest BCUT2D eigenvalue weighted by molar-refractivity contribution is 6.31. The average molecular weight is 222 g/mol. The number of nitrogens with zero attached hydrogens (tertiary/aromatic N) is 1. The Bertz CT molecular complexity index is 411. The first-order chi connectivity index (χ1) is 7.67. The van der Waals surface area contributed by atoms with Crippen molar-refractivity contribution in [3.05, 3.63) is 29.8 Å². The van der Waals surface area contributed by atoms with Crippen LogP contribution in [0.4, 0.5) is 5.69 Å². The maximum absolute atomic E-state index is 11.1. The molecule has 1 aromatic rings. The summed E-state index contributed by atoms with van der Waals surface area (Å²) in [4.78, 5) is 22.1. The lowest BCUT2D eigenvalue weighted by molar-refractivity contribution is -0.110. The van der Waals surface area contributed by atoms with Crippen molar-refractivity contribution < 1.29 is 19.5 Å². The number of hydrogen-bond donors (Lipinski definition) is 2. The summed E-state index contributed by atoms with van der Waals surface area (Å²) in [5.41, 5.74) is 0.869. The van der Waals surface area contributed by atoms with Crippen LogP contribution in [0.25, 0.3) is 0 Å². The fourth-order valence-electron chi connectivity index (χ4n) is 1.03. The zero-order valence-corrected chi connectivity index (χ0v) is 8.51. The SMILES string of the molecule is COC(=O)c1ccc(NC(=O)C=NO)cc1. The highest BCUT2D eigenvalue weighted by atomic mass is 16.5. The Morgan fingerprint density at radius 1 is 1.38 bits per heavy atom. The fourth-order valence-corrected chi connectivity index (χ4v) is 1.03. The molecule has 16 heavy (non-hydrogen) atoms. The minimum absolute atomic E-state index is 0.385. The van der Waals surface area contributed by atoms with Crippen LogP contribution in [0.2, 0.25) is 0 Å². The number of amides is 1. The molecular formula is C10H10N2O4. The number of benzene rings is 1. The van der Waals surface area contributed by atoms with E-state index < -0.39 is 11.9 Å². The van der Waals surface area contributed by atoms with E-state index in [1.54, 1.807) is 0 Å². The van der Waals surface area contributed by atoms with E-state index in [1.165, 1.54) is 31.4 Å². The van der Waals surface area contributed by atoms with Gasteiger partial charge in [0.2, 0.25) is 0 Å². The van der Waals surface area contributed by atoms with Gasteiger partial charge in [0.15, 0.2) is 0 Å². The van der Waals surface area contributed by atoms with Crippen LogP contribution in [0.1, 0.15) is 10.4 Å². The van der Waals surface area contributed by atoms with Gasteiger partial charge in [0.1, 0.15) is 6.21 Å². The standard InChI is InChI=1S/C10H10N2O4/c1-16-10(14)7-2-4-8(5-3-7)12-9(13)6-11-15/h2-6,15H,1H3,(H,12,13). The molecule has 0 aliphatic carbocycles. The first-order valence-corrected chi connectivity index (χ1v) is 4.34. The Labute approximate surface area is 91.5 Å². The van der Waals surface area contributed by atoms with E-state index in [2.05, 4.69) is 15.2 Å². The van der Waals surface area contributed by atoms with Gasteiger partial charge in [-0.15, -0.1) is 0 Å². The van der Waals surface area contributed by atoms with Crippen molar-refractivity contribution in [3.8, 4) is 0 Å². The monoisotopic (exact) mass is 222 g/mol. The summed E-state index contributed by atoms with van der Waals surface area (Å²) in [5.74, 6) is -1.01. The molecule has 0 saturated carbocycles. The van der Waals surface area contributed by atoms with Gasteiger partial charge in [-0.2, -0.15) is 0 Å². The van der Waals surface area contributed by atoms with Gasteiger partial charge in [-0.3, -0.25) is 4.79 Å². The van der Waals surface area contributed by atoms with E-state index in [0.717, 1.165) is 6.21 Å². The van der Waals surface area contributed by atoms with E-state index >= 15 is 0 Å². The van der Waals surface area contributed by atoms with Crippen LogP contribution in [0.3, 0.4) is 0 Å². The third-order valence-electron chi connectivity index (χ3n) is 1.75. The van der Waals surface area contributed by atoms with Crippen molar-refractivity contribution in [1.29, 1.82) is 0 Å². The lowest BCUT2D eigenvalue weighted by Crippen LogP contribution is -2.12. The minimum Gasteiger partial charge on any atom is -0.465 e. The van der Waals surface area contributed by atoms with Crippen LogP contribution in [-0.4, -0.2) is 30.4 Å². The molecule has 0 aliphatic heterocycles. The summed E-state index contributed by atoms with van der Waals surface area (Å²) in [6.07, 6.45) is 0.730. The van der Waals surface area contributed by atoms with Crippen LogP contribution < -0.4 is 5.32 Å². The second kappa shape index (κ2) is 5.50. The third kappa shape index (κ3) is 3.09. The largest absolute Gasteiger partial charge is 0.465 e. The molecule has 0 bridgehead atoms. The Balaban J connectivity index is 2.72. The van der Waals surface area contributed by atoms with Crippen LogP contribution in [-0.2, 0) is 9.53 Å². The van der Waals surface area contributed by atoms with Gasteiger partial charge in [-0.25, -0.2) is 4.79 Å². The van der Waals surface area contributed by atoms with Crippen molar-refractivity contribution in [2.75, 3.05) is 12.4 Å². The number of carbonyl (C=O) groups excluding carboxylic acids is 2. The number of methoxy groups -OCH3 is 1. The maximum atomic E-state index is 11.1. The Morgan fingerprint density at radius 3 is 2.50 bits per heavy atom. The fraction of sp³-hybridized carbons (Fsp3) is 0.100. The summed E-state index contributed by atoms with van der Waals surface area (Å²) >= 11 is 0. The van der Waals surface area contributed by atoms with Gasteiger partial charge < -0.3 is 15.3 Å². The van der Waals surface area contributed by atoms with E-state index in [4.69, 9.17) is 5.21 Å². The summed E-state index contributed by atoms with van der Waals surface area (Å²) in [6.45, 7) is 0. The zero-order valence-electron chi connectivity index (χ0n) is 8.51. The smallest absolute Gasteiger partial charge is 0.337 e. The molecule has 6 nitrogen and oxygen atoms in total. The first kappa shape index (κ1) is 11.7. The van der Waals surface area contributed by atoms with Crippen molar-refractivity contribution in [3.63, 3.8) is 0 Å².